The SMILES string of the molecule is C=C1CCC2OC(C)(C)C(=O)CCC2(C)C1CCC1C(C)(OC(C)=O)CCC2OC(C)(C)C(=O)CCC21C. The monoisotopic (exact) mass is 530 g/mol. The quantitative estimate of drug-likeness (QED) is 0.304. The van der Waals surface area contributed by atoms with E-state index < -0.39 is 16.8 Å². The Morgan fingerprint density at radius 1 is 0.816 bits per heavy atom. The third-order valence-electron chi connectivity index (χ3n) is 11.0. The molecule has 2 saturated carbocycles. The molecule has 4 fully saturated rings. The summed E-state index contributed by atoms with van der Waals surface area (Å²) in [7, 11) is 0. The third kappa shape index (κ3) is 5.05. The maximum absolute atomic E-state index is 13.0. The van der Waals surface area contributed by atoms with Gasteiger partial charge in [0.15, 0.2) is 11.6 Å². The second-order valence-electron chi connectivity index (χ2n) is 14.4. The largest absolute Gasteiger partial charge is 0.459 e. The van der Waals surface area contributed by atoms with Gasteiger partial charge in [-0.2, -0.15) is 0 Å². The van der Waals surface area contributed by atoms with Gasteiger partial charge in [0.25, 0.3) is 0 Å². The topological polar surface area (TPSA) is 78.9 Å². The first-order chi connectivity index (χ1) is 17.4. The Morgan fingerprint density at radius 2 is 1.34 bits per heavy atom. The van der Waals surface area contributed by atoms with Crippen LogP contribution in [0.15, 0.2) is 12.2 Å². The summed E-state index contributed by atoms with van der Waals surface area (Å²) in [5.41, 5.74) is -1.45. The van der Waals surface area contributed by atoms with Gasteiger partial charge < -0.3 is 14.2 Å². The summed E-state index contributed by atoms with van der Waals surface area (Å²) in [4.78, 5) is 38.1. The Kier molecular flexibility index (Phi) is 7.62. The predicted molar refractivity (Wildman–Crippen MR) is 147 cm³/mol. The van der Waals surface area contributed by atoms with E-state index in [-0.39, 0.29) is 52.4 Å². The summed E-state index contributed by atoms with van der Waals surface area (Å²) in [5, 5.41) is 0. The molecule has 0 radical (unpaired) electrons. The van der Waals surface area contributed by atoms with Crippen LogP contribution in [0, 0.1) is 22.7 Å². The molecule has 0 bridgehead atoms. The van der Waals surface area contributed by atoms with Gasteiger partial charge in [-0.1, -0.05) is 26.0 Å². The Balaban J connectivity index is 1.66. The van der Waals surface area contributed by atoms with Crippen LogP contribution in [-0.2, 0) is 28.6 Å². The molecule has 0 N–H and O–H groups in total. The van der Waals surface area contributed by atoms with Gasteiger partial charge in [-0.15, -0.1) is 0 Å². The molecule has 6 heteroatoms. The second kappa shape index (κ2) is 9.83. The number of esters is 1. The minimum absolute atomic E-state index is 0.00799. The molecule has 38 heavy (non-hydrogen) atoms. The molecule has 4 aliphatic rings. The van der Waals surface area contributed by atoms with Crippen molar-refractivity contribution in [1.82, 2.24) is 0 Å². The number of ketones is 2. The smallest absolute Gasteiger partial charge is 0.303 e. The highest BCUT2D eigenvalue weighted by atomic mass is 16.6. The van der Waals surface area contributed by atoms with Crippen molar-refractivity contribution >= 4 is 17.5 Å². The van der Waals surface area contributed by atoms with Crippen molar-refractivity contribution in [3.8, 4) is 0 Å². The van der Waals surface area contributed by atoms with Gasteiger partial charge in [0, 0.05) is 36.5 Å². The average molecular weight is 531 g/mol. The zero-order valence-corrected chi connectivity index (χ0v) is 25.0. The van der Waals surface area contributed by atoms with Crippen LogP contribution < -0.4 is 0 Å². The normalized spacial score (nSPS) is 42.9. The molecule has 0 aromatic heterocycles. The lowest BCUT2D eigenvalue weighted by Gasteiger charge is -2.56. The first-order valence-corrected chi connectivity index (χ1v) is 14.7. The van der Waals surface area contributed by atoms with E-state index in [2.05, 4.69) is 27.4 Å². The van der Waals surface area contributed by atoms with Crippen molar-refractivity contribution in [2.75, 3.05) is 0 Å². The van der Waals surface area contributed by atoms with E-state index in [1.165, 1.54) is 12.5 Å². The molecular weight excluding hydrogens is 480 g/mol. The molecule has 0 amide bonds. The number of fused-ring (bicyclic) bond motifs is 2. The fourth-order valence-corrected chi connectivity index (χ4v) is 8.58. The Labute approximate surface area is 229 Å². The summed E-state index contributed by atoms with van der Waals surface area (Å²) in [6, 6.07) is 0. The van der Waals surface area contributed by atoms with Crippen LogP contribution in [0.4, 0.5) is 0 Å². The standard InChI is InChI=1S/C32H50O6/c1-20-10-13-26-30(7,17-14-24(34)28(3,4)37-26)22(20)11-12-23-31(8)18-15-25(35)29(5,6)38-27(31)16-19-32(23,9)36-21(2)33/h22-23,26-27H,1,10-19H2,2-9H3. The molecule has 2 saturated heterocycles. The minimum atomic E-state index is -0.808. The fraction of sp³-hybridized carbons (Fsp3) is 0.844. The van der Waals surface area contributed by atoms with Gasteiger partial charge in [0.05, 0.1) is 12.2 Å². The van der Waals surface area contributed by atoms with Gasteiger partial charge in [0.2, 0.25) is 0 Å². The van der Waals surface area contributed by atoms with Crippen molar-refractivity contribution in [3.05, 3.63) is 12.2 Å². The number of allylic oxidation sites excluding steroid dienone is 1. The number of carbonyl (C=O) groups excluding carboxylic acids is 3. The van der Waals surface area contributed by atoms with Crippen LogP contribution in [-0.4, -0.2) is 46.5 Å². The second-order valence-corrected chi connectivity index (χ2v) is 14.4. The van der Waals surface area contributed by atoms with E-state index in [1.807, 2.05) is 27.7 Å². The highest BCUT2D eigenvalue weighted by Crippen LogP contribution is 2.58. The number of hydrogen-bond donors (Lipinski definition) is 0. The van der Waals surface area contributed by atoms with E-state index in [9.17, 15) is 14.4 Å². The Morgan fingerprint density at radius 3 is 1.89 bits per heavy atom. The molecule has 2 aliphatic heterocycles. The van der Waals surface area contributed by atoms with E-state index in [0.29, 0.717) is 19.3 Å². The summed E-state index contributed by atoms with van der Waals surface area (Å²) < 4.78 is 19.2. The lowest BCUT2D eigenvalue weighted by atomic mass is 9.54. The Bertz CT molecular complexity index is 996. The first-order valence-electron chi connectivity index (χ1n) is 14.7. The van der Waals surface area contributed by atoms with Crippen molar-refractivity contribution in [3.63, 3.8) is 0 Å². The average Bonchev–Trinajstić information content (AvgIpc) is 2.95. The molecule has 214 valence electrons. The van der Waals surface area contributed by atoms with Gasteiger partial charge in [0.1, 0.15) is 16.8 Å². The molecule has 2 aliphatic carbocycles. The molecule has 6 nitrogen and oxygen atoms in total. The molecule has 7 atom stereocenters. The number of carbonyl (C=O) groups is 3. The molecule has 0 spiro atoms. The minimum Gasteiger partial charge on any atom is -0.459 e. The van der Waals surface area contributed by atoms with Crippen LogP contribution >= 0.6 is 0 Å². The summed E-state index contributed by atoms with van der Waals surface area (Å²) >= 11 is 0. The van der Waals surface area contributed by atoms with E-state index in [4.69, 9.17) is 14.2 Å². The van der Waals surface area contributed by atoms with Crippen molar-refractivity contribution in [1.29, 1.82) is 0 Å². The lowest BCUT2D eigenvalue weighted by molar-refractivity contribution is -0.212. The van der Waals surface area contributed by atoms with Gasteiger partial charge in [-0.25, -0.2) is 0 Å². The van der Waals surface area contributed by atoms with Crippen molar-refractivity contribution < 1.29 is 28.6 Å². The maximum Gasteiger partial charge on any atom is 0.303 e. The van der Waals surface area contributed by atoms with E-state index in [1.54, 1.807) is 0 Å². The van der Waals surface area contributed by atoms with Crippen LogP contribution in [0.3, 0.4) is 0 Å². The van der Waals surface area contributed by atoms with Gasteiger partial charge in [-0.05, 0) is 91.9 Å². The van der Waals surface area contributed by atoms with Crippen molar-refractivity contribution in [2.45, 2.75) is 149 Å². The van der Waals surface area contributed by atoms with Gasteiger partial charge in [-0.3, -0.25) is 14.4 Å². The fourth-order valence-electron chi connectivity index (χ4n) is 8.58. The molecule has 0 aromatic rings. The van der Waals surface area contributed by atoms with Crippen LogP contribution in [0.25, 0.3) is 0 Å². The highest BCUT2D eigenvalue weighted by molar-refractivity contribution is 5.87. The summed E-state index contributed by atoms with van der Waals surface area (Å²) in [6.45, 7) is 20.2. The molecular formula is C32H50O6. The zero-order valence-electron chi connectivity index (χ0n) is 25.0. The van der Waals surface area contributed by atoms with E-state index in [0.717, 1.165) is 44.9 Å². The van der Waals surface area contributed by atoms with Crippen molar-refractivity contribution in [2.24, 2.45) is 22.7 Å². The molecule has 0 aromatic carbocycles. The summed E-state index contributed by atoms with van der Waals surface area (Å²) in [6.07, 6.45) is 7.39. The molecule has 2 heterocycles. The first kappa shape index (κ1) is 29.5. The summed E-state index contributed by atoms with van der Waals surface area (Å²) in [5.74, 6) is 0.280. The third-order valence-corrected chi connectivity index (χ3v) is 11.0. The maximum atomic E-state index is 13.0. The van der Waals surface area contributed by atoms with Crippen LogP contribution in [0.2, 0.25) is 0 Å². The van der Waals surface area contributed by atoms with Gasteiger partial charge >= 0.3 is 5.97 Å². The zero-order chi connectivity index (χ0) is 28.3. The highest BCUT2D eigenvalue weighted by Gasteiger charge is 2.59. The van der Waals surface area contributed by atoms with E-state index >= 15 is 0 Å². The van der Waals surface area contributed by atoms with Crippen LogP contribution in [0.5, 0.6) is 0 Å². The lowest BCUT2D eigenvalue weighted by Crippen LogP contribution is -2.58. The Hall–Kier alpha value is -1.53. The predicted octanol–water partition coefficient (Wildman–Crippen LogP) is 6.53. The number of Topliss-reactive ketones (excluding diaryl/α,β-unsaturated/α-hetero) is 2. The number of rotatable bonds is 4. The molecule has 7 unspecified atom stereocenters. The molecule has 4 rings (SSSR count). The number of ether oxygens (including phenoxy) is 3. The van der Waals surface area contributed by atoms with Crippen LogP contribution in [0.1, 0.15) is 120 Å². The number of hydrogen-bond acceptors (Lipinski definition) is 6.